The van der Waals surface area contributed by atoms with E-state index in [2.05, 4.69) is 25.8 Å². The van der Waals surface area contributed by atoms with Crippen molar-refractivity contribution in [1.82, 2.24) is 20.5 Å². The van der Waals surface area contributed by atoms with Crippen LogP contribution in [0.4, 0.5) is 10.2 Å². The maximum atomic E-state index is 15.0. The molecule has 30 heavy (non-hydrogen) atoms. The first-order valence-corrected chi connectivity index (χ1v) is 9.72. The highest BCUT2D eigenvalue weighted by Crippen LogP contribution is 2.33. The molecule has 2 aromatic heterocycles. The smallest absolute Gasteiger partial charge is 0.149 e. The van der Waals surface area contributed by atoms with Crippen molar-refractivity contribution in [2.24, 2.45) is 5.73 Å². The van der Waals surface area contributed by atoms with Crippen molar-refractivity contribution >= 4 is 17.6 Å². The van der Waals surface area contributed by atoms with Gasteiger partial charge in [-0.2, -0.15) is 0 Å². The number of piperidine rings is 1. The van der Waals surface area contributed by atoms with Crippen LogP contribution >= 0.6 is 0 Å². The van der Waals surface area contributed by atoms with Gasteiger partial charge in [0, 0.05) is 40.8 Å². The first kappa shape index (κ1) is 21.6. The number of nitrogens with zero attached hydrogens (tertiary/aromatic N) is 3. The lowest BCUT2D eigenvalue weighted by Gasteiger charge is -2.48. The number of nitrogens with one attached hydrogen (secondary N) is 3. The van der Waals surface area contributed by atoms with Gasteiger partial charge in [-0.1, -0.05) is 0 Å². The molecule has 160 valence electrons. The number of pyridine rings is 1. The summed E-state index contributed by atoms with van der Waals surface area (Å²) in [6.07, 6.45) is 3.33. The second-order valence-corrected chi connectivity index (χ2v) is 8.75. The van der Waals surface area contributed by atoms with Crippen molar-refractivity contribution in [3.63, 3.8) is 0 Å². The summed E-state index contributed by atoms with van der Waals surface area (Å²) >= 11 is 0. The van der Waals surface area contributed by atoms with E-state index in [0.717, 1.165) is 6.21 Å². The number of allylic oxidation sites excluding steroid dienone is 1. The first-order valence-electron chi connectivity index (χ1n) is 9.72. The molecule has 2 atom stereocenters. The van der Waals surface area contributed by atoms with Gasteiger partial charge in [0.25, 0.3) is 0 Å². The Morgan fingerprint density at radius 2 is 2.07 bits per heavy atom. The average molecular weight is 414 g/mol. The Balaban J connectivity index is 1.79. The Morgan fingerprint density at radius 1 is 1.33 bits per heavy atom. The molecule has 1 aliphatic heterocycles. The van der Waals surface area contributed by atoms with Crippen LogP contribution in [-0.4, -0.2) is 49.8 Å². The molecule has 0 bridgehead atoms. The fraction of sp³-hybridized carbons (Fsp3) is 0.429. The van der Waals surface area contributed by atoms with Crippen molar-refractivity contribution in [1.29, 1.82) is 5.41 Å². The number of aromatic hydroxyl groups is 1. The van der Waals surface area contributed by atoms with Crippen LogP contribution in [0.3, 0.4) is 0 Å². The fourth-order valence-electron chi connectivity index (χ4n) is 4.03. The van der Waals surface area contributed by atoms with E-state index in [1.807, 2.05) is 27.7 Å². The standard InChI is InChI=1S/C21H28FN7O/c1-20(2)8-15(19(22)21(3,4)29-20)26-17-6-5-14(27-28-17)18-16(30)7-12(11-25-18)13(9-23)10-24/h5-7,9-11,15,19,23,29-30H,8,24H2,1-4H3,(H,26,28)/b13-10+,23-9?/t15-,19-/m0/s1. The van der Waals surface area contributed by atoms with Crippen LogP contribution in [0.25, 0.3) is 17.0 Å². The molecule has 0 unspecified atom stereocenters. The summed E-state index contributed by atoms with van der Waals surface area (Å²) in [5, 5.41) is 32.4. The molecule has 3 heterocycles. The number of nitrogens with two attached hydrogens (primary N) is 1. The largest absolute Gasteiger partial charge is 0.506 e. The summed E-state index contributed by atoms with van der Waals surface area (Å²) in [7, 11) is 0. The SMILES string of the molecule is CC1(C)C[C@H](Nc2ccc(-c3ncc(/C(C=N)=C/N)cc3O)nn2)[C@H](F)C(C)(C)N1. The van der Waals surface area contributed by atoms with E-state index in [4.69, 9.17) is 11.1 Å². The maximum Gasteiger partial charge on any atom is 0.149 e. The van der Waals surface area contributed by atoms with E-state index in [-0.39, 0.29) is 17.0 Å². The predicted octanol–water partition coefficient (Wildman–Crippen LogP) is 2.86. The average Bonchev–Trinajstić information content (AvgIpc) is 2.67. The molecule has 1 fully saturated rings. The van der Waals surface area contributed by atoms with E-state index >= 15 is 0 Å². The van der Waals surface area contributed by atoms with E-state index in [1.54, 1.807) is 12.1 Å². The number of alkyl halides is 1. The van der Waals surface area contributed by atoms with Gasteiger partial charge in [0.05, 0.1) is 6.04 Å². The van der Waals surface area contributed by atoms with Gasteiger partial charge in [-0.3, -0.25) is 0 Å². The van der Waals surface area contributed by atoms with Crippen LogP contribution in [0, 0.1) is 5.41 Å². The molecule has 8 nitrogen and oxygen atoms in total. The van der Waals surface area contributed by atoms with E-state index < -0.39 is 17.8 Å². The van der Waals surface area contributed by atoms with Crippen LogP contribution in [0.5, 0.6) is 5.75 Å². The molecule has 1 saturated heterocycles. The zero-order valence-electron chi connectivity index (χ0n) is 17.6. The van der Waals surface area contributed by atoms with E-state index in [1.165, 1.54) is 18.5 Å². The second-order valence-electron chi connectivity index (χ2n) is 8.75. The number of anilines is 1. The predicted molar refractivity (Wildman–Crippen MR) is 116 cm³/mol. The molecule has 0 aromatic carbocycles. The Morgan fingerprint density at radius 3 is 2.63 bits per heavy atom. The minimum absolute atomic E-state index is 0.102. The molecule has 3 rings (SSSR count). The topological polar surface area (TPSA) is 133 Å². The van der Waals surface area contributed by atoms with Gasteiger partial charge in [0.1, 0.15) is 29.1 Å². The van der Waals surface area contributed by atoms with Crippen LogP contribution in [0.15, 0.2) is 30.6 Å². The first-order chi connectivity index (χ1) is 14.1. The van der Waals surface area contributed by atoms with Gasteiger partial charge in [-0.05, 0) is 52.3 Å². The lowest BCUT2D eigenvalue weighted by molar-refractivity contribution is 0.0655. The second kappa shape index (κ2) is 7.98. The quantitative estimate of drug-likeness (QED) is 0.476. The molecular weight excluding hydrogens is 385 g/mol. The molecule has 0 radical (unpaired) electrons. The number of aromatic nitrogens is 3. The molecule has 0 saturated carbocycles. The summed E-state index contributed by atoms with van der Waals surface area (Å²) in [5.74, 6) is 0.350. The molecule has 9 heteroatoms. The van der Waals surface area contributed by atoms with Gasteiger partial charge in [-0.15, -0.1) is 10.2 Å². The van der Waals surface area contributed by atoms with E-state index in [0.29, 0.717) is 29.1 Å². The molecule has 2 aromatic rings. The van der Waals surface area contributed by atoms with Gasteiger partial charge in [0.2, 0.25) is 0 Å². The van der Waals surface area contributed by atoms with Crippen LogP contribution < -0.4 is 16.4 Å². The van der Waals surface area contributed by atoms with Gasteiger partial charge >= 0.3 is 0 Å². The molecule has 1 aliphatic rings. The molecule has 0 spiro atoms. The van der Waals surface area contributed by atoms with Gasteiger partial charge in [0.15, 0.2) is 0 Å². The van der Waals surface area contributed by atoms with Crippen molar-refractivity contribution in [3.05, 3.63) is 36.2 Å². The number of halogens is 1. The molecule has 0 aliphatic carbocycles. The number of hydrogen-bond acceptors (Lipinski definition) is 8. The Labute approximate surface area is 175 Å². The zero-order valence-corrected chi connectivity index (χ0v) is 17.6. The summed E-state index contributed by atoms with van der Waals surface area (Å²) in [4.78, 5) is 4.22. The third-order valence-electron chi connectivity index (χ3n) is 5.21. The Hall–Kier alpha value is -3.07. The minimum Gasteiger partial charge on any atom is -0.506 e. The highest BCUT2D eigenvalue weighted by molar-refractivity contribution is 6.08. The van der Waals surface area contributed by atoms with Crippen molar-refractivity contribution in [2.45, 2.75) is 57.4 Å². The summed E-state index contributed by atoms with van der Waals surface area (Å²) < 4.78 is 15.0. The Bertz CT molecular complexity index is 956. The monoisotopic (exact) mass is 413 g/mol. The van der Waals surface area contributed by atoms with Gasteiger partial charge in [-0.25, -0.2) is 9.37 Å². The highest BCUT2D eigenvalue weighted by Gasteiger charge is 2.46. The van der Waals surface area contributed by atoms with E-state index in [9.17, 15) is 9.50 Å². The number of rotatable bonds is 5. The third-order valence-corrected chi connectivity index (χ3v) is 5.21. The van der Waals surface area contributed by atoms with Crippen molar-refractivity contribution in [3.8, 4) is 17.1 Å². The third kappa shape index (κ3) is 4.40. The number of hydrogen-bond donors (Lipinski definition) is 5. The summed E-state index contributed by atoms with van der Waals surface area (Å²) in [5.41, 5.74) is 6.16. The maximum absolute atomic E-state index is 15.0. The highest BCUT2D eigenvalue weighted by atomic mass is 19.1. The fourth-order valence-corrected chi connectivity index (χ4v) is 4.03. The summed E-state index contributed by atoms with van der Waals surface area (Å²) in [6.45, 7) is 7.80. The van der Waals surface area contributed by atoms with Crippen LogP contribution in [-0.2, 0) is 0 Å². The lowest BCUT2D eigenvalue weighted by Crippen LogP contribution is -2.67. The Kier molecular flexibility index (Phi) is 5.76. The normalized spacial score (nSPS) is 23.0. The van der Waals surface area contributed by atoms with Crippen LogP contribution in [0.1, 0.15) is 39.7 Å². The molecule has 0 amide bonds. The van der Waals surface area contributed by atoms with Crippen molar-refractivity contribution < 1.29 is 9.50 Å². The van der Waals surface area contributed by atoms with Crippen molar-refractivity contribution in [2.75, 3.05) is 5.32 Å². The van der Waals surface area contributed by atoms with Gasteiger partial charge < -0.3 is 26.9 Å². The zero-order chi connectivity index (χ0) is 22.1. The lowest BCUT2D eigenvalue weighted by atomic mass is 9.78. The minimum atomic E-state index is -1.11. The molecular formula is C21H28FN7O. The molecule has 6 N–H and O–H groups in total. The van der Waals surface area contributed by atoms with Crippen LogP contribution in [0.2, 0.25) is 0 Å². The summed E-state index contributed by atoms with van der Waals surface area (Å²) in [6, 6.07) is 4.41.